The minimum Gasteiger partial charge on any atom is -0.477 e. The number of aromatic nitrogens is 2. The van der Waals surface area contributed by atoms with Crippen LogP contribution in [0.3, 0.4) is 0 Å². The van der Waals surface area contributed by atoms with E-state index in [1.165, 1.54) is 12.3 Å². The van der Waals surface area contributed by atoms with Crippen molar-refractivity contribution in [3.8, 4) is 11.8 Å². The molecule has 1 aromatic heterocycles. The van der Waals surface area contributed by atoms with Gasteiger partial charge in [0, 0.05) is 10.7 Å². The molecular formula is C11H7BrN2O3. The summed E-state index contributed by atoms with van der Waals surface area (Å²) < 4.78 is 6.19. The minimum atomic E-state index is -1.12. The molecule has 0 aliphatic heterocycles. The standard InChI is InChI=1S/C11H7BrN2O3/c12-7-2-1-3-8(6-7)17-11-13-5-4-9(14-11)10(15)16/h1-6H,(H,15,16). The first-order chi connectivity index (χ1) is 8.15. The van der Waals surface area contributed by atoms with Crippen molar-refractivity contribution in [3.05, 3.63) is 46.7 Å². The van der Waals surface area contributed by atoms with Crippen molar-refractivity contribution in [2.75, 3.05) is 0 Å². The van der Waals surface area contributed by atoms with Crippen LogP contribution in [0, 0.1) is 0 Å². The Balaban J connectivity index is 2.24. The molecule has 0 saturated heterocycles. The van der Waals surface area contributed by atoms with Gasteiger partial charge in [-0.2, -0.15) is 4.98 Å². The molecule has 6 heteroatoms. The fraction of sp³-hybridized carbons (Fsp3) is 0. The average molecular weight is 295 g/mol. The highest BCUT2D eigenvalue weighted by Crippen LogP contribution is 2.21. The van der Waals surface area contributed by atoms with Gasteiger partial charge < -0.3 is 9.84 Å². The summed E-state index contributed by atoms with van der Waals surface area (Å²) in [5, 5.41) is 8.77. The van der Waals surface area contributed by atoms with Gasteiger partial charge in [0.2, 0.25) is 0 Å². The number of carboxylic acids is 1. The molecule has 0 spiro atoms. The lowest BCUT2D eigenvalue weighted by atomic mass is 10.3. The quantitative estimate of drug-likeness (QED) is 0.942. The lowest BCUT2D eigenvalue weighted by Gasteiger charge is -2.03. The summed E-state index contributed by atoms with van der Waals surface area (Å²) in [4.78, 5) is 18.3. The zero-order chi connectivity index (χ0) is 12.3. The van der Waals surface area contributed by atoms with Crippen LogP contribution >= 0.6 is 15.9 Å². The van der Waals surface area contributed by atoms with Crippen LogP contribution in [0.5, 0.6) is 11.8 Å². The molecule has 0 saturated carbocycles. The Morgan fingerprint density at radius 1 is 1.35 bits per heavy atom. The summed E-state index contributed by atoms with van der Waals surface area (Å²) in [6.45, 7) is 0. The smallest absolute Gasteiger partial charge is 0.354 e. The molecule has 0 atom stereocenters. The van der Waals surface area contributed by atoms with E-state index in [0.29, 0.717) is 5.75 Å². The maximum absolute atomic E-state index is 10.7. The third kappa shape index (κ3) is 3.01. The van der Waals surface area contributed by atoms with Gasteiger partial charge in [0.05, 0.1) is 0 Å². The molecule has 17 heavy (non-hydrogen) atoms. The maximum atomic E-state index is 10.7. The van der Waals surface area contributed by atoms with Crippen LogP contribution in [-0.2, 0) is 0 Å². The van der Waals surface area contributed by atoms with E-state index >= 15 is 0 Å². The highest BCUT2D eigenvalue weighted by molar-refractivity contribution is 9.10. The van der Waals surface area contributed by atoms with Crippen LogP contribution in [0.4, 0.5) is 0 Å². The molecule has 0 aliphatic rings. The van der Waals surface area contributed by atoms with Gasteiger partial charge in [-0.25, -0.2) is 9.78 Å². The van der Waals surface area contributed by atoms with Gasteiger partial charge >= 0.3 is 12.0 Å². The predicted octanol–water partition coefficient (Wildman–Crippen LogP) is 2.73. The summed E-state index contributed by atoms with van der Waals surface area (Å²) in [6, 6.07) is 8.40. The fourth-order valence-electron chi connectivity index (χ4n) is 1.14. The number of carboxylic acid groups (broad SMARTS) is 1. The van der Waals surface area contributed by atoms with Crippen molar-refractivity contribution in [2.24, 2.45) is 0 Å². The lowest BCUT2D eigenvalue weighted by Crippen LogP contribution is -2.02. The van der Waals surface area contributed by atoms with Crippen molar-refractivity contribution in [1.29, 1.82) is 0 Å². The summed E-state index contributed by atoms with van der Waals surface area (Å²) in [7, 11) is 0. The monoisotopic (exact) mass is 294 g/mol. The highest BCUT2D eigenvalue weighted by Gasteiger charge is 2.07. The van der Waals surface area contributed by atoms with Gasteiger partial charge in [0.15, 0.2) is 5.69 Å². The number of benzene rings is 1. The van der Waals surface area contributed by atoms with Crippen LogP contribution in [0.25, 0.3) is 0 Å². The van der Waals surface area contributed by atoms with Crippen molar-refractivity contribution in [1.82, 2.24) is 9.97 Å². The fourth-order valence-corrected chi connectivity index (χ4v) is 1.52. The van der Waals surface area contributed by atoms with E-state index in [9.17, 15) is 4.79 Å². The molecule has 2 rings (SSSR count). The minimum absolute atomic E-state index is 0.00278. The Bertz CT molecular complexity index is 560. The maximum Gasteiger partial charge on any atom is 0.354 e. The van der Waals surface area contributed by atoms with E-state index in [4.69, 9.17) is 9.84 Å². The largest absolute Gasteiger partial charge is 0.477 e. The van der Waals surface area contributed by atoms with Crippen molar-refractivity contribution < 1.29 is 14.6 Å². The number of halogens is 1. The molecule has 2 aromatic rings. The SMILES string of the molecule is O=C(O)c1ccnc(Oc2cccc(Br)c2)n1. The Kier molecular flexibility index (Phi) is 3.34. The molecule has 0 aliphatic carbocycles. The van der Waals surface area contributed by atoms with Crippen molar-refractivity contribution in [3.63, 3.8) is 0 Å². The molecule has 0 amide bonds. The van der Waals surface area contributed by atoms with Crippen LogP contribution in [0.15, 0.2) is 41.0 Å². The third-order valence-corrected chi connectivity index (χ3v) is 2.35. The van der Waals surface area contributed by atoms with E-state index in [2.05, 4.69) is 25.9 Å². The van der Waals surface area contributed by atoms with Crippen LogP contribution in [0.2, 0.25) is 0 Å². The summed E-state index contributed by atoms with van der Waals surface area (Å²) in [6.07, 6.45) is 1.34. The number of rotatable bonds is 3. The zero-order valence-electron chi connectivity index (χ0n) is 8.50. The molecular weight excluding hydrogens is 288 g/mol. The number of ether oxygens (including phenoxy) is 1. The second kappa shape index (κ2) is 4.92. The van der Waals surface area contributed by atoms with Crippen LogP contribution < -0.4 is 4.74 Å². The summed E-state index contributed by atoms with van der Waals surface area (Å²) in [5.74, 6) is -0.589. The third-order valence-electron chi connectivity index (χ3n) is 1.86. The van der Waals surface area contributed by atoms with Crippen molar-refractivity contribution >= 4 is 21.9 Å². The summed E-state index contributed by atoms with van der Waals surface area (Å²) in [5.41, 5.74) is -0.106. The first-order valence-corrected chi connectivity index (χ1v) is 5.44. The van der Waals surface area contributed by atoms with E-state index < -0.39 is 5.97 Å². The molecule has 0 bridgehead atoms. The molecule has 86 valence electrons. The topological polar surface area (TPSA) is 72.3 Å². The van der Waals surface area contributed by atoms with Gasteiger partial charge in [-0.3, -0.25) is 0 Å². The van der Waals surface area contributed by atoms with Gasteiger partial charge in [0.25, 0.3) is 0 Å². The first kappa shape index (κ1) is 11.5. The zero-order valence-corrected chi connectivity index (χ0v) is 10.1. The molecule has 1 heterocycles. The molecule has 0 unspecified atom stereocenters. The average Bonchev–Trinajstić information content (AvgIpc) is 2.29. The molecule has 1 aromatic carbocycles. The number of carbonyl (C=O) groups is 1. The number of aromatic carboxylic acids is 1. The number of hydrogen-bond donors (Lipinski definition) is 1. The van der Waals surface area contributed by atoms with E-state index in [1.807, 2.05) is 6.07 Å². The van der Waals surface area contributed by atoms with Gasteiger partial charge in [-0.15, -0.1) is 0 Å². The molecule has 5 nitrogen and oxygen atoms in total. The Hall–Kier alpha value is -1.95. The Morgan fingerprint density at radius 3 is 2.88 bits per heavy atom. The normalized spacial score (nSPS) is 9.94. The van der Waals surface area contributed by atoms with Gasteiger partial charge in [-0.1, -0.05) is 22.0 Å². The second-order valence-corrected chi connectivity index (χ2v) is 4.00. The van der Waals surface area contributed by atoms with E-state index in [1.54, 1.807) is 18.2 Å². The Morgan fingerprint density at radius 2 is 2.18 bits per heavy atom. The molecule has 0 radical (unpaired) electrons. The molecule has 1 N–H and O–H groups in total. The van der Waals surface area contributed by atoms with Crippen LogP contribution in [0.1, 0.15) is 10.5 Å². The Labute approximate surface area is 105 Å². The summed E-state index contributed by atoms with van der Waals surface area (Å²) >= 11 is 3.30. The predicted molar refractivity (Wildman–Crippen MR) is 63.2 cm³/mol. The van der Waals surface area contributed by atoms with Gasteiger partial charge in [-0.05, 0) is 24.3 Å². The second-order valence-electron chi connectivity index (χ2n) is 3.09. The lowest BCUT2D eigenvalue weighted by molar-refractivity contribution is 0.0689. The first-order valence-electron chi connectivity index (χ1n) is 4.65. The van der Waals surface area contributed by atoms with Gasteiger partial charge in [0.1, 0.15) is 5.75 Å². The number of hydrogen-bond acceptors (Lipinski definition) is 4. The van der Waals surface area contributed by atoms with E-state index in [-0.39, 0.29) is 11.7 Å². The molecule has 0 fully saturated rings. The van der Waals surface area contributed by atoms with E-state index in [0.717, 1.165) is 4.47 Å². The van der Waals surface area contributed by atoms with Crippen molar-refractivity contribution in [2.45, 2.75) is 0 Å². The van der Waals surface area contributed by atoms with Crippen LogP contribution in [-0.4, -0.2) is 21.0 Å². The number of nitrogens with zero attached hydrogens (tertiary/aromatic N) is 2. The highest BCUT2D eigenvalue weighted by atomic mass is 79.9.